The maximum atomic E-state index is 14.8. The maximum Gasteiger partial charge on any atom is 0.415 e. The minimum Gasteiger partial charge on any atom is -0.438 e. The molecule has 4 aliphatic carbocycles. The van der Waals surface area contributed by atoms with E-state index in [4.69, 9.17) is 14.2 Å². The summed E-state index contributed by atoms with van der Waals surface area (Å²) >= 11 is 0. The number of nitrogens with zero attached hydrogens (tertiary/aromatic N) is 1. The van der Waals surface area contributed by atoms with Crippen molar-refractivity contribution in [3.63, 3.8) is 0 Å². The van der Waals surface area contributed by atoms with Crippen molar-refractivity contribution in [1.29, 1.82) is 0 Å². The Hall–Kier alpha value is -2.81. The van der Waals surface area contributed by atoms with Gasteiger partial charge in [-0.05, 0) is 73.6 Å². The topological polar surface area (TPSA) is 102 Å². The van der Waals surface area contributed by atoms with Crippen LogP contribution in [-0.2, 0) is 19.0 Å². The molecule has 1 aromatic carbocycles. The molecular formula is C33H39NO7. The SMILES string of the molecule is CC1=C[C@]23C(=O)[C@@H](C=C4COC(C)(C)O[C@H]4[C@]2(O)[C@H]1OC(=O)N1CCC(=O)c2ccccc21)[C@H]1[C@@H](C[C@H]3C)C1(C)C. The van der Waals surface area contributed by atoms with Crippen LogP contribution in [0.25, 0.3) is 0 Å². The smallest absolute Gasteiger partial charge is 0.415 e. The Morgan fingerprint density at radius 2 is 1.88 bits per heavy atom. The molecule has 6 aliphatic rings. The number of carbonyl (C=O) groups excluding carboxylic acids is 3. The van der Waals surface area contributed by atoms with Crippen LogP contribution in [0, 0.1) is 34.5 Å². The molecule has 2 heterocycles. The zero-order chi connectivity index (χ0) is 29.3. The molecule has 1 amide bonds. The van der Waals surface area contributed by atoms with Crippen molar-refractivity contribution in [2.24, 2.45) is 34.5 Å². The number of carbonyl (C=O) groups is 3. The Labute approximate surface area is 240 Å². The van der Waals surface area contributed by atoms with Gasteiger partial charge in [0.15, 0.2) is 29.1 Å². The highest BCUT2D eigenvalue weighted by Crippen LogP contribution is 2.72. The van der Waals surface area contributed by atoms with Crippen LogP contribution in [0.5, 0.6) is 0 Å². The van der Waals surface area contributed by atoms with E-state index >= 15 is 0 Å². The number of anilines is 1. The molecule has 218 valence electrons. The summed E-state index contributed by atoms with van der Waals surface area (Å²) in [5.41, 5.74) is -0.856. The summed E-state index contributed by atoms with van der Waals surface area (Å²) in [6, 6.07) is 6.99. The molecule has 8 heteroatoms. The second-order valence-electron chi connectivity index (χ2n) is 14.1. The number of ether oxygens (including phenoxy) is 3. The van der Waals surface area contributed by atoms with Gasteiger partial charge in [-0.25, -0.2) is 4.79 Å². The fourth-order valence-electron chi connectivity index (χ4n) is 9.07. The monoisotopic (exact) mass is 561 g/mol. The number of aliphatic hydroxyl groups is 1. The van der Waals surface area contributed by atoms with E-state index in [2.05, 4.69) is 13.8 Å². The number of amides is 1. The van der Waals surface area contributed by atoms with Crippen LogP contribution >= 0.6 is 0 Å². The summed E-state index contributed by atoms with van der Waals surface area (Å²) in [6.45, 7) is 12.3. The van der Waals surface area contributed by atoms with Gasteiger partial charge in [0.2, 0.25) is 0 Å². The predicted molar refractivity (Wildman–Crippen MR) is 150 cm³/mol. The minimum absolute atomic E-state index is 0.0170. The summed E-state index contributed by atoms with van der Waals surface area (Å²) in [4.78, 5) is 42.7. The van der Waals surface area contributed by atoms with E-state index in [1.54, 1.807) is 38.1 Å². The van der Waals surface area contributed by atoms with Gasteiger partial charge in [0.05, 0.1) is 17.7 Å². The van der Waals surface area contributed by atoms with E-state index in [9.17, 15) is 19.5 Å². The molecular weight excluding hydrogens is 522 g/mol. The molecule has 1 saturated heterocycles. The molecule has 1 N–H and O–H groups in total. The average molecular weight is 562 g/mol. The first-order valence-corrected chi connectivity index (χ1v) is 14.8. The predicted octanol–water partition coefficient (Wildman–Crippen LogP) is 4.85. The Morgan fingerprint density at radius 3 is 2.63 bits per heavy atom. The van der Waals surface area contributed by atoms with Gasteiger partial charge in [0.25, 0.3) is 0 Å². The number of para-hydroxylation sites is 1. The average Bonchev–Trinajstić information content (AvgIpc) is 3.41. The van der Waals surface area contributed by atoms with Gasteiger partial charge < -0.3 is 19.3 Å². The zero-order valence-corrected chi connectivity index (χ0v) is 24.6. The normalized spacial score (nSPS) is 41.5. The molecule has 3 fully saturated rings. The first kappa shape index (κ1) is 27.0. The summed E-state index contributed by atoms with van der Waals surface area (Å²) < 4.78 is 18.8. The van der Waals surface area contributed by atoms with Crippen LogP contribution in [0.2, 0.25) is 0 Å². The number of hydrogen-bond donors (Lipinski definition) is 1. The third kappa shape index (κ3) is 3.41. The summed E-state index contributed by atoms with van der Waals surface area (Å²) in [7, 11) is 0. The number of allylic oxidation sites excluding steroid dienone is 1. The van der Waals surface area contributed by atoms with E-state index in [1.807, 2.05) is 26.0 Å². The fourth-order valence-corrected chi connectivity index (χ4v) is 9.07. The van der Waals surface area contributed by atoms with Crippen molar-refractivity contribution in [3.05, 3.63) is 53.1 Å². The standard InChI is InChI=1S/C33H39NO7/c1-17-15-32-18(2)13-22-25(30(22,3)4)21(26(32)36)14-19-16-39-31(5,6)41-28(19)33(32,38)27(17)40-29(37)34-12-11-24(35)20-9-7-8-10-23(20)34/h7-10,14-15,18,21-22,25,27-28,38H,11-13,16H2,1-6H3/t18-,21+,22-,25+,27+,28-,32+,33-/m1/s1. The third-order valence-electron chi connectivity index (χ3n) is 11.2. The molecule has 1 aromatic rings. The van der Waals surface area contributed by atoms with E-state index < -0.39 is 41.0 Å². The van der Waals surface area contributed by atoms with E-state index in [-0.39, 0.29) is 48.4 Å². The second-order valence-corrected chi connectivity index (χ2v) is 14.1. The van der Waals surface area contributed by atoms with Crippen molar-refractivity contribution in [1.82, 2.24) is 0 Å². The lowest BCUT2D eigenvalue weighted by Gasteiger charge is -2.52. The lowest BCUT2D eigenvalue weighted by Crippen LogP contribution is -2.68. The molecule has 8 nitrogen and oxygen atoms in total. The van der Waals surface area contributed by atoms with Crippen LogP contribution in [0.3, 0.4) is 0 Å². The van der Waals surface area contributed by atoms with Crippen molar-refractivity contribution < 1.29 is 33.7 Å². The van der Waals surface area contributed by atoms with Gasteiger partial charge in [-0.15, -0.1) is 0 Å². The molecule has 2 bridgehead atoms. The maximum absolute atomic E-state index is 14.8. The second kappa shape index (κ2) is 8.39. The third-order valence-corrected chi connectivity index (χ3v) is 11.2. The first-order valence-electron chi connectivity index (χ1n) is 14.8. The van der Waals surface area contributed by atoms with Crippen molar-refractivity contribution in [2.45, 2.75) is 78.0 Å². The van der Waals surface area contributed by atoms with Gasteiger partial charge >= 0.3 is 6.09 Å². The highest BCUT2D eigenvalue weighted by atomic mass is 16.7. The number of rotatable bonds is 1. The molecule has 8 atom stereocenters. The molecule has 41 heavy (non-hydrogen) atoms. The van der Waals surface area contributed by atoms with Crippen molar-refractivity contribution in [2.75, 3.05) is 18.1 Å². The highest BCUT2D eigenvalue weighted by Gasteiger charge is 2.77. The van der Waals surface area contributed by atoms with Gasteiger partial charge in [0, 0.05) is 24.4 Å². The number of benzene rings is 1. The van der Waals surface area contributed by atoms with Crippen LogP contribution < -0.4 is 4.90 Å². The van der Waals surface area contributed by atoms with Gasteiger partial charge in [0.1, 0.15) is 6.10 Å². The number of hydrogen-bond acceptors (Lipinski definition) is 7. The van der Waals surface area contributed by atoms with E-state index in [0.717, 1.165) is 12.0 Å². The molecule has 1 spiro atoms. The summed E-state index contributed by atoms with van der Waals surface area (Å²) in [5, 5.41) is 13.2. The molecule has 0 unspecified atom stereocenters. The van der Waals surface area contributed by atoms with Crippen LogP contribution in [0.15, 0.2) is 47.6 Å². The van der Waals surface area contributed by atoms with Gasteiger partial charge in [-0.1, -0.05) is 45.1 Å². The van der Waals surface area contributed by atoms with E-state index in [1.165, 1.54) is 4.90 Å². The largest absolute Gasteiger partial charge is 0.438 e. The van der Waals surface area contributed by atoms with E-state index in [0.29, 0.717) is 22.7 Å². The fraction of sp³-hybridized carbons (Fsp3) is 0.606. The van der Waals surface area contributed by atoms with Gasteiger partial charge in [-0.3, -0.25) is 14.5 Å². The molecule has 7 rings (SSSR count). The lowest BCUT2D eigenvalue weighted by molar-refractivity contribution is -0.302. The number of fused-ring (bicyclic) bond motifs is 6. The quantitative estimate of drug-likeness (QED) is 0.489. The molecule has 0 aromatic heterocycles. The summed E-state index contributed by atoms with van der Waals surface area (Å²) in [6.07, 6.45) is 2.14. The van der Waals surface area contributed by atoms with Crippen LogP contribution in [0.4, 0.5) is 10.5 Å². The highest BCUT2D eigenvalue weighted by molar-refractivity contribution is 6.07. The van der Waals surface area contributed by atoms with Crippen LogP contribution in [0.1, 0.15) is 64.7 Å². The Kier molecular flexibility index (Phi) is 5.54. The number of Topliss-reactive ketones (excluding diaryl/α,β-unsaturated/α-hetero) is 2. The Bertz CT molecular complexity index is 1440. The molecule has 2 saturated carbocycles. The molecule has 2 aliphatic heterocycles. The van der Waals surface area contributed by atoms with Crippen LogP contribution in [-0.4, -0.2) is 59.5 Å². The van der Waals surface area contributed by atoms with Gasteiger partial charge in [-0.2, -0.15) is 0 Å². The van der Waals surface area contributed by atoms with Crippen molar-refractivity contribution >= 4 is 23.3 Å². The first-order chi connectivity index (χ1) is 19.2. The Balaban J connectivity index is 1.34. The minimum atomic E-state index is -1.88. The lowest BCUT2D eigenvalue weighted by atomic mass is 9.59. The molecule has 0 radical (unpaired) electrons. The summed E-state index contributed by atoms with van der Waals surface area (Å²) in [5.74, 6) is -1.16. The van der Waals surface area contributed by atoms with Crippen molar-refractivity contribution in [3.8, 4) is 0 Å². The number of ketones is 2. The Morgan fingerprint density at radius 1 is 1.15 bits per heavy atom. The zero-order valence-electron chi connectivity index (χ0n) is 24.6.